The van der Waals surface area contributed by atoms with Crippen LogP contribution in [0, 0.1) is 18.8 Å². The molecule has 1 saturated heterocycles. The average molecular weight is 276 g/mol. The highest BCUT2D eigenvalue weighted by Gasteiger charge is 2.31. The van der Waals surface area contributed by atoms with Crippen LogP contribution >= 0.6 is 0 Å². The number of carbonyl (C=O) groups excluding carboxylic acids is 1. The van der Waals surface area contributed by atoms with E-state index < -0.39 is 0 Å². The molecule has 0 aromatic heterocycles. The topological polar surface area (TPSA) is 41.6 Å². The quantitative estimate of drug-likeness (QED) is 0.890. The van der Waals surface area contributed by atoms with Crippen LogP contribution in [0.2, 0.25) is 0 Å². The van der Waals surface area contributed by atoms with Gasteiger partial charge >= 0.3 is 0 Å². The van der Waals surface area contributed by atoms with Crippen molar-refractivity contribution < 1.29 is 9.53 Å². The molecule has 1 amide bonds. The molecule has 1 aliphatic rings. The number of para-hydroxylation sites is 1. The zero-order valence-electron chi connectivity index (χ0n) is 12.6. The van der Waals surface area contributed by atoms with E-state index >= 15 is 0 Å². The van der Waals surface area contributed by atoms with Gasteiger partial charge in [0.2, 0.25) is 5.91 Å². The van der Waals surface area contributed by atoms with Gasteiger partial charge in [-0.3, -0.25) is 4.79 Å². The summed E-state index contributed by atoms with van der Waals surface area (Å²) in [5, 5.41) is 3.27. The van der Waals surface area contributed by atoms with Crippen LogP contribution in [-0.4, -0.2) is 44.1 Å². The minimum absolute atomic E-state index is 0.110. The second-order valence-corrected chi connectivity index (χ2v) is 5.62. The summed E-state index contributed by atoms with van der Waals surface area (Å²) in [7, 11) is 1.86. The Hall–Kier alpha value is -1.55. The van der Waals surface area contributed by atoms with Crippen LogP contribution in [-0.2, 0) is 4.79 Å². The van der Waals surface area contributed by atoms with Crippen LogP contribution in [0.3, 0.4) is 0 Å². The first kappa shape index (κ1) is 14.9. The van der Waals surface area contributed by atoms with Crippen LogP contribution < -0.4 is 10.1 Å². The predicted molar refractivity (Wildman–Crippen MR) is 79.8 cm³/mol. The first-order valence-electron chi connectivity index (χ1n) is 7.23. The standard InChI is InChI=1S/C16H24N2O2/c1-12-6-4-5-7-15(12)20-9-8-18(3)16(19)14-11-17-10-13(14)2/h4-7,13-14,17H,8-11H2,1-3H3/t13-,14-/m1/s1. The van der Waals surface area contributed by atoms with Gasteiger partial charge in [0.25, 0.3) is 0 Å². The molecular formula is C16H24N2O2. The van der Waals surface area contributed by atoms with E-state index in [1.54, 1.807) is 4.90 Å². The van der Waals surface area contributed by atoms with E-state index in [1.165, 1.54) is 0 Å². The number of ether oxygens (including phenoxy) is 1. The maximum atomic E-state index is 12.3. The van der Waals surface area contributed by atoms with Gasteiger partial charge in [-0.2, -0.15) is 0 Å². The van der Waals surface area contributed by atoms with Gasteiger partial charge in [0.15, 0.2) is 0 Å². The number of amides is 1. The lowest BCUT2D eigenvalue weighted by atomic mass is 9.97. The maximum absolute atomic E-state index is 12.3. The molecule has 1 fully saturated rings. The van der Waals surface area contributed by atoms with Gasteiger partial charge in [-0.1, -0.05) is 25.1 Å². The number of hydrogen-bond acceptors (Lipinski definition) is 3. The second kappa shape index (κ2) is 6.75. The molecule has 1 aliphatic heterocycles. The number of carbonyl (C=O) groups is 1. The average Bonchev–Trinajstić information content (AvgIpc) is 2.86. The number of nitrogens with one attached hydrogen (secondary N) is 1. The molecule has 1 N–H and O–H groups in total. The van der Waals surface area contributed by atoms with E-state index in [1.807, 2.05) is 38.2 Å². The molecule has 2 rings (SSSR count). The van der Waals surface area contributed by atoms with Gasteiger partial charge in [-0.05, 0) is 31.0 Å². The van der Waals surface area contributed by atoms with Crippen molar-refractivity contribution in [3.8, 4) is 5.75 Å². The van der Waals surface area contributed by atoms with Crippen molar-refractivity contribution in [2.75, 3.05) is 33.3 Å². The Balaban J connectivity index is 1.79. The first-order chi connectivity index (χ1) is 9.59. The maximum Gasteiger partial charge on any atom is 0.227 e. The highest BCUT2D eigenvalue weighted by molar-refractivity contribution is 5.79. The zero-order chi connectivity index (χ0) is 14.5. The summed E-state index contributed by atoms with van der Waals surface area (Å²) in [6.45, 7) is 7.03. The second-order valence-electron chi connectivity index (χ2n) is 5.62. The Morgan fingerprint density at radius 3 is 2.80 bits per heavy atom. The van der Waals surface area contributed by atoms with Crippen molar-refractivity contribution in [1.82, 2.24) is 10.2 Å². The van der Waals surface area contributed by atoms with Gasteiger partial charge in [0, 0.05) is 13.6 Å². The molecule has 0 spiro atoms. The van der Waals surface area contributed by atoms with Crippen LogP contribution in [0.15, 0.2) is 24.3 Å². The summed E-state index contributed by atoms with van der Waals surface area (Å²) in [4.78, 5) is 14.1. The number of nitrogens with zero attached hydrogens (tertiary/aromatic N) is 1. The van der Waals surface area contributed by atoms with Gasteiger partial charge < -0.3 is 15.0 Å². The molecule has 4 nitrogen and oxygen atoms in total. The van der Waals surface area contributed by atoms with Gasteiger partial charge in [0.05, 0.1) is 12.5 Å². The van der Waals surface area contributed by atoms with Crippen molar-refractivity contribution in [3.63, 3.8) is 0 Å². The SMILES string of the molecule is Cc1ccccc1OCCN(C)C(=O)[C@@H]1CNC[C@H]1C. The number of hydrogen-bond donors (Lipinski definition) is 1. The lowest BCUT2D eigenvalue weighted by Gasteiger charge is -2.23. The summed E-state index contributed by atoms with van der Waals surface area (Å²) < 4.78 is 5.74. The Kier molecular flexibility index (Phi) is 5.01. The Morgan fingerprint density at radius 2 is 2.15 bits per heavy atom. The first-order valence-corrected chi connectivity index (χ1v) is 7.23. The van der Waals surface area contributed by atoms with Crippen molar-refractivity contribution in [2.24, 2.45) is 11.8 Å². The lowest BCUT2D eigenvalue weighted by Crippen LogP contribution is -2.38. The van der Waals surface area contributed by atoms with E-state index in [9.17, 15) is 4.79 Å². The molecule has 1 aromatic carbocycles. The lowest BCUT2D eigenvalue weighted by molar-refractivity contribution is -0.134. The fourth-order valence-electron chi connectivity index (χ4n) is 2.54. The van der Waals surface area contributed by atoms with Gasteiger partial charge in [-0.25, -0.2) is 0 Å². The summed E-state index contributed by atoms with van der Waals surface area (Å²) in [6.07, 6.45) is 0. The fourth-order valence-corrected chi connectivity index (χ4v) is 2.54. The van der Waals surface area contributed by atoms with Crippen molar-refractivity contribution >= 4 is 5.91 Å². The summed E-state index contributed by atoms with van der Waals surface area (Å²) in [6, 6.07) is 7.94. The minimum atomic E-state index is 0.110. The normalized spacial score (nSPS) is 21.8. The third-order valence-corrected chi connectivity index (χ3v) is 3.99. The number of rotatable bonds is 5. The smallest absolute Gasteiger partial charge is 0.227 e. The summed E-state index contributed by atoms with van der Waals surface area (Å²) in [5.41, 5.74) is 1.12. The van der Waals surface area contributed by atoms with E-state index in [2.05, 4.69) is 12.2 Å². The highest BCUT2D eigenvalue weighted by atomic mass is 16.5. The van der Waals surface area contributed by atoms with Crippen LogP contribution in [0.25, 0.3) is 0 Å². The van der Waals surface area contributed by atoms with Crippen molar-refractivity contribution in [3.05, 3.63) is 29.8 Å². The summed E-state index contributed by atoms with van der Waals surface area (Å²) >= 11 is 0. The Labute approximate surface area is 121 Å². The van der Waals surface area contributed by atoms with Crippen molar-refractivity contribution in [2.45, 2.75) is 13.8 Å². The van der Waals surface area contributed by atoms with E-state index in [4.69, 9.17) is 4.74 Å². The molecule has 0 unspecified atom stereocenters. The molecule has 0 radical (unpaired) electrons. The molecule has 0 saturated carbocycles. The number of aryl methyl sites for hydroxylation is 1. The monoisotopic (exact) mass is 276 g/mol. The van der Waals surface area contributed by atoms with Crippen LogP contribution in [0.4, 0.5) is 0 Å². The molecule has 2 atom stereocenters. The predicted octanol–water partition coefficient (Wildman–Crippen LogP) is 1.69. The zero-order valence-corrected chi connectivity index (χ0v) is 12.6. The summed E-state index contributed by atoms with van der Waals surface area (Å²) in [5.74, 6) is 1.64. The third kappa shape index (κ3) is 3.51. The molecular weight excluding hydrogens is 252 g/mol. The van der Waals surface area contributed by atoms with Gasteiger partial charge in [-0.15, -0.1) is 0 Å². The Bertz CT molecular complexity index is 462. The van der Waals surface area contributed by atoms with E-state index in [0.717, 1.165) is 24.4 Å². The largest absolute Gasteiger partial charge is 0.491 e. The molecule has 0 bridgehead atoms. The van der Waals surface area contributed by atoms with E-state index in [-0.39, 0.29) is 11.8 Å². The third-order valence-electron chi connectivity index (χ3n) is 3.99. The molecule has 1 heterocycles. The van der Waals surface area contributed by atoms with Crippen molar-refractivity contribution in [1.29, 1.82) is 0 Å². The number of likely N-dealkylation sites (N-methyl/N-ethyl adjacent to an activating group) is 1. The molecule has 110 valence electrons. The minimum Gasteiger partial charge on any atom is -0.491 e. The highest BCUT2D eigenvalue weighted by Crippen LogP contribution is 2.18. The van der Waals surface area contributed by atoms with Crippen LogP contribution in [0.5, 0.6) is 5.75 Å². The Morgan fingerprint density at radius 1 is 1.40 bits per heavy atom. The molecule has 0 aliphatic carbocycles. The fraction of sp³-hybridized carbons (Fsp3) is 0.562. The van der Waals surface area contributed by atoms with Gasteiger partial charge in [0.1, 0.15) is 12.4 Å². The molecule has 1 aromatic rings. The van der Waals surface area contributed by atoms with Crippen LogP contribution in [0.1, 0.15) is 12.5 Å². The molecule has 4 heteroatoms. The van der Waals surface area contributed by atoms with E-state index in [0.29, 0.717) is 19.1 Å². The number of benzene rings is 1. The molecule has 20 heavy (non-hydrogen) atoms.